The predicted molar refractivity (Wildman–Crippen MR) is 237 cm³/mol. The van der Waals surface area contributed by atoms with Crippen molar-refractivity contribution < 1.29 is 23.8 Å². The van der Waals surface area contributed by atoms with E-state index < -0.39 is 0 Å². The maximum atomic E-state index is 15.7. The highest BCUT2D eigenvalue weighted by atomic mass is 19.1. The minimum absolute atomic E-state index is 0.0288. The quantitative estimate of drug-likeness (QED) is 0.207. The molecule has 8 rings (SSSR count). The van der Waals surface area contributed by atoms with Gasteiger partial charge in [0.25, 0.3) is 5.91 Å². The van der Waals surface area contributed by atoms with Crippen molar-refractivity contribution in [2.75, 3.05) is 70.5 Å². The third-order valence-electron chi connectivity index (χ3n) is 13.1. The summed E-state index contributed by atoms with van der Waals surface area (Å²) >= 11 is 0. The number of allylic oxidation sites excluding steroid dienone is 4. The van der Waals surface area contributed by atoms with Crippen molar-refractivity contribution in [3.05, 3.63) is 70.3 Å². The van der Waals surface area contributed by atoms with E-state index in [1.807, 2.05) is 20.8 Å². The second-order valence-electron chi connectivity index (χ2n) is 16.8. The van der Waals surface area contributed by atoms with Crippen molar-refractivity contribution >= 4 is 50.6 Å². The number of nitrogens with zero attached hydrogens (tertiary/aromatic N) is 7. The van der Waals surface area contributed by atoms with E-state index >= 15 is 4.39 Å². The number of phenolic OH excluding ortho intramolecular Hbond substituents is 1. The standard InChI is InChI=1S/C47H59FN8O4/c1-6-29(4)51-43-35(8-3)41-42(30(5)39(43)36-26-33(57)24-31-12-13-37(48)34(7-2)40(31)36)52-46(60-28-47-14-9-18-56(47)19-10-15-47)53-44(41)55-17-11-16-50-32(27-55)25-38(49)45(58)54-20-22-59-23-21-54/h8,12-13,24-26,29,57H,6-7,9-11,14-23,27-28,49H2,1-5H3/b35-8-,38-25-,51-43?. The Balaban J connectivity index is 1.32. The maximum Gasteiger partial charge on any atom is 0.319 e. The summed E-state index contributed by atoms with van der Waals surface area (Å²) in [5, 5.41) is 12.7. The number of aromatic nitrogens is 2. The van der Waals surface area contributed by atoms with Gasteiger partial charge >= 0.3 is 6.01 Å². The highest BCUT2D eigenvalue weighted by molar-refractivity contribution is 6.51. The molecule has 0 bridgehead atoms. The van der Waals surface area contributed by atoms with Crippen molar-refractivity contribution in [1.29, 1.82) is 0 Å². The van der Waals surface area contributed by atoms with Crippen molar-refractivity contribution in [2.24, 2.45) is 15.7 Å². The molecule has 2 aromatic carbocycles. The second-order valence-corrected chi connectivity index (χ2v) is 16.8. The molecule has 60 heavy (non-hydrogen) atoms. The van der Waals surface area contributed by atoms with Gasteiger partial charge in [-0.1, -0.05) is 26.0 Å². The molecule has 4 aliphatic heterocycles. The van der Waals surface area contributed by atoms with E-state index in [1.165, 1.54) is 6.07 Å². The van der Waals surface area contributed by atoms with Crippen molar-refractivity contribution in [3.8, 4) is 11.8 Å². The van der Waals surface area contributed by atoms with Gasteiger partial charge in [0.1, 0.15) is 24.0 Å². The zero-order valence-electron chi connectivity index (χ0n) is 35.8. The zero-order chi connectivity index (χ0) is 42.1. The van der Waals surface area contributed by atoms with E-state index in [0.29, 0.717) is 87.3 Å². The topological polar surface area (TPSA) is 142 Å². The van der Waals surface area contributed by atoms with Gasteiger partial charge < -0.3 is 30.1 Å². The zero-order valence-corrected chi connectivity index (χ0v) is 35.8. The Morgan fingerprint density at radius 2 is 1.87 bits per heavy atom. The number of benzene rings is 2. The van der Waals surface area contributed by atoms with E-state index in [4.69, 9.17) is 35.2 Å². The number of aromatic hydroxyl groups is 1. The number of carbonyl (C=O) groups excluding carboxylic acids is 1. The Labute approximate surface area is 352 Å². The minimum Gasteiger partial charge on any atom is -0.508 e. The molecule has 0 radical (unpaired) electrons. The number of ether oxygens (including phenoxy) is 2. The summed E-state index contributed by atoms with van der Waals surface area (Å²) in [7, 11) is 0. The molecule has 5 heterocycles. The minimum atomic E-state index is -0.287. The molecule has 3 aromatic rings. The monoisotopic (exact) mass is 818 g/mol. The molecule has 5 aliphatic rings. The van der Waals surface area contributed by atoms with Crippen LogP contribution >= 0.6 is 0 Å². The summed E-state index contributed by atoms with van der Waals surface area (Å²) < 4.78 is 27.9. The molecule has 3 saturated heterocycles. The Kier molecular flexibility index (Phi) is 12.1. The Bertz CT molecular complexity index is 2320. The van der Waals surface area contributed by atoms with Crippen LogP contribution in [0.25, 0.3) is 27.5 Å². The van der Waals surface area contributed by atoms with Gasteiger partial charge in [-0.15, -0.1) is 0 Å². The lowest BCUT2D eigenvalue weighted by atomic mass is 9.78. The van der Waals surface area contributed by atoms with Crippen LogP contribution in [0.2, 0.25) is 0 Å². The molecule has 1 aliphatic carbocycles. The summed E-state index contributed by atoms with van der Waals surface area (Å²) in [5.74, 6) is 0.265. The smallest absolute Gasteiger partial charge is 0.319 e. The van der Waals surface area contributed by atoms with Gasteiger partial charge in [0.2, 0.25) is 0 Å². The van der Waals surface area contributed by atoms with Gasteiger partial charge in [-0.2, -0.15) is 9.97 Å². The Hall–Kier alpha value is -5.14. The molecular formula is C47H59FN8O4. The van der Waals surface area contributed by atoms with Crippen LogP contribution in [0, 0.1) is 5.82 Å². The first-order valence-corrected chi connectivity index (χ1v) is 21.9. The number of carbonyl (C=O) groups is 1. The molecule has 1 aromatic heterocycles. The van der Waals surface area contributed by atoms with Gasteiger partial charge in [0.15, 0.2) is 0 Å². The number of rotatable bonds is 10. The fourth-order valence-corrected chi connectivity index (χ4v) is 9.82. The fraction of sp³-hybridized carbons (Fsp3) is 0.511. The number of amides is 1. The molecule has 0 saturated carbocycles. The normalized spacial score (nSPS) is 21.7. The first-order valence-electron chi connectivity index (χ1n) is 21.9. The molecule has 3 N–H and O–H groups in total. The highest BCUT2D eigenvalue weighted by Crippen LogP contribution is 2.48. The first-order chi connectivity index (χ1) is 29.0. The average molecular weight is 819 g/mol. The largest absolute Gasteiger partial charge is 0.508 e. The molecule has 12 nitrogen and oxygen atoms in total. The molecule has 1 atom stereocenters. The number of anilines is 1. The van der Waals surface area contributed by atoms with Crippen LogP contribution in [0.15, 0.2) is 52.1 Å². The number of aryl methyl sites for hydroxylation is 1. The summed E-state index contributed by atoms with van der Waals surface area (Å²) in [4.78, 5) is 40.7. The van der Waals surface area contributed by atoms with E-state index in [1.54, 1.807) is 29.2 Å². The number of aliphatic imine (C=N–C) groups is 2. The van der Waals surface area contributed by atoms with Gasteiger partial charge in [-0.25, -0.2) is 4.39 Å². The van der Waals surface area contributed by atoms with Crippen LogP contribution in [0.4, 0.5) is 10.2 Å². The highest BCUT2D eigenvalue weighted by Gasteiger charge is 2.45. The lowest BCUT2D eigenvalue weighted by molar-refractivity contribution is -0.131. The van der Waals surface area contributed by atoms with E-state index in [9.17, 15) is 9.90 Å². The maximum absolute atomic E-state index is 15.7. The third-order valence-corrected chi connectivity index (χ3v) is 13.1. The number of morpholine rings is 1. The summed E-state index contributed by atoms with van der Waals surface area (Å²) in [6.07, 6.45) is 10.2. The van der Waals surface area contributed by atoms with Gasteiger partial charge in [-0.05, 0) is 131 Å². The van der Waals surface area contributed by atoms with Crippen LogP contribution in [-0.2, 0) is 16.0 Å². The van der Waals surface area contributed by atoms with Gasteiger partial charge in [0, 0.05) is 43.4 Å². The molecular weight excluding hydrogens is 760 g/mol. The molecule has 1 amide bonds. The fourth-order valence-electron chi connectivity index (χ4n) is 9.82. The van der Waals surface area contributed by atoms with E-state index in [-0.39, 0.29) is 40.8 Å². The Morgan fingerprint density at radius 3 is 2.58 bits per heavy atom. The van der Waals surface area contributed by atoms with E-state index in [2.05, 4.69) is 29.7 Å². The number of hydrogen-bond acceptors (Lipinski definition) is 11. The number of nitrogens with two attached hydrogens (primary N) is 1. The number of hydrogen-bond donors (Lipinski definition) is 2. The predicted octanol–water partition coefficient (Wildman–Crippen LogP) is 6.98. The van der Waals surface area contributed by atoms with Crippen LogP contribution in [0.3, 0.4) is 0 Å². The van der Waals surface area contributed by atoms with Crippen LogP contribution < -0.4 is 15.4 Å². The second kappa shape index (κ2) is 17.5. The number of fused-ring (bicyclic) bond motifs is 3. The van der Waals surface area contributed by atoms with Gasteiger partial charge in [0.05, 0.1) is 53.7 Å². The Morgan fingerprint density at radius 1 is 1.10 bits per heavy atom. The third kappa shape index (κ3) is 7.82. The van der Waals surface area contributed by atoms with Crippen molar-refractivity contribution in [3.63, 3.8) is 0 Å². The molecule has 318 valence electrons. The number of halogens is 1. The lowest BCUT2D eigenvalue weighted by Crippen LogP contribution is -2.43. The van der Waals surface area contributed by atoms with Crippen LogP contribution in [0.5, 0.6) is 11.8 Å². The molecule has 3 fully saturated rings. The summed E-state index contributed by atoms with van der Waals surface area (Å²) in [5.41, 5.74) is 13.3. The lowest BCUT2D eigenvalue weighted by Gasteiger charge is -2.33. The van der Waals surface area contributed by atoms with E-state index in [0.717, 1.165) is 90.4 Å². The number of phenols is 1. The molecule has 0 spiro atoms. The van der Waals surface area contributed by atoms with Crippen molar-refractivity contribution in [2.45, 2.75) is 91.1 Å². The summed E-state index contributed by atoms with van der Waals surface area (Å²) in [6.45, 7) is 16.4. The van der Waals surface area contributed by atoms with Crippen LogP contribution in [-0.4, -0.2) is 119 Å². The molecule has 13 heteroatoms. The SMILES string of the molecule is C/C=C1\C(=NC(C)CC)C(c2cc(O)cc3ccc(F)c(CC)c23)=C(C)c2nc(OCC34CCCN3CCC4)nc(N3CCCN=C(/C=C(\N)C(=O)N4CCOCC4)C3)c21. The molecule has 1 unspecified atom stereocenters. The van der Waals surface area contributed by atoms with Gasteiger partial charge in [-0.3, -0.25) is 19.7 Å². The van der Waals surface area contributed by atoms with Crippen molar-refractivity contribution in [1.82, 2.24) is 19.8 Å². The first kappa shape index (κ1) is 41.6. The average Bonchev–Trinajstić information content (AvgIpc) is 3.76. The summed E-state index contributed by atoms with van der Waals surface area (Å²) in [6, 6.07) is 6.88. The van der Waals surface area contributed by atoms with Crippen LogP contribution in [0.1, 0.15) is 95.5 Å².